The van der Waals surface area contributed by atoms with Gasteiger partial charge < -0.3 is 0 Å². The molecular weight excluding hydrogens is 175 g/mol. The van der Waals surface area contributed by atoms with Crippen LogP contribution in [-0.4, -0.2) is 12.0 Å². The molecule has 0 aromatic heterocycles. The zero-order valence-electron chi connectivity index (χ0n) is 9.56. The van der Waals surface area contributed by atoms with Crippen molar-refractivity contribution in [3.05, 3.63) is 0 Å². The average molecular weight is 198 g/mol. The van der Waals surface area contributed by atoms with Gasteiger partial charge in [0.1, 0.15) is 0 Å². The largest absolute Gasteiger partial charge is 0.108 e. The standard InChI is InChI=1S/C12H23P/c1-11(2,3)9-13-10-12(4)7-5-6-8-12/h10H,5-9H2,1-4H3. The minimum absolute atomic E-state index is 0.493. The highest BCUT2D eigenvalue weighted by Gasteiger charge is 2.25. The quantitative estimate of drug-likeness (QED) is 0.578. The molecule has 13 heavy (non-hydrogen) atoms. The summed E-state index contributed by atoms with van der Waals surface area (Å²) in [5, 5.41) is 0. The summed E-state index contributed by atoms with van der Waals surface area (Å²) in [7, 11) is 1.55. The fourth-order valence-electron chi connectivity index (χ4n) is 1.85. The Hall–Kier alpha value is 0.170. The third-order valence-electron chi connectivity index (χ3n) is 2.71. The summed E-state index contributed by atoms with van der Waals surface area (Å²) in [6, 6.07) is 0. The molecule has 0 unspecified atom stereocenters. The molecule has 76 valence electrons. The minimum atomic E-state index is 0.493. The van der Waals surface area contributed by atoms with E-state index in [2.05, 4.69) is 33.5 Å². The van der Waals surface area contributed by atoms with Crippen LogP contribution in [-0.2, 0) is 0 Å². The zero-order valence-corrected chi connectivity index (χ0v) is 10.5. The van der Waals surface area contributed by atoms with Gasteiger partial charge in [-0.2, -0.15) is 0 Å². The molecule has 1 fully saturated rings. The van der Waals surface area contributed by atoms with Gasteiger partial charge in [-0.1, -0.05) is 46.3 Å². The van der Waals surface area contributed by atoms with Crippen molar-refractivity contribution < 1.29 is 0 Å². The van der Waals surface area contributed by atoms with Gasteiger partial charge in [-0.05, 0) is 29.8 Å². The predicted molar refractivity (Wildman–Crippen MR) is 63.9 cm³/mol. The van der Waals surface area contributed by atoms with E-state index in [1.54, 1.807) is 8.20 Å². The second-order valence-corrected chi connectivity index (χ2v) is 6.83. The van der Waals surface area contributed by atoms with Crippen LogP contribution in [0.3, 0.4) is 0 Å². The SMILES string of the molecule is CC(C)(C)CP=CC1(C)CCCC1. The predicted octanol–water partition coefficient (Wildman–Crippen LogP) is 4.36. The van der Waals surface area contributed by atoms with E-state index in [1.807, 2.05) is 0 Å². The van der Waals surface area contributed by atoms with Gasteiger partial charge >= 0.3 is 0 Å². The first-order chi connectivity index (χ1) is 5.91. The fourth-order valence-corrected chi connectivity index (χ4v) is 3.19. The van der Waals surface area contributed by atoms with E-state index < -0.39 is 0 Å². The van der Waals surface area contributed by atoms with Crippen LogP contribution in [0.2, 0.25) is 0 Å². The Morgan fingerprint density at radius 1 is 1.23 bits per heavy atom. The lowest BCUT2D eigenvalue weighted by atomic mass is 9.92. The Bertz CT molecular complexity index is 180. The number of hydrogen-bond donors (Lipinski definition) is 0. The molecule has 1 rings (SSSR count). The summed E-state index contributed by atoms with van der Waals surface area (Å²) in [5.74, 6) is 2.56. The van der Waals surface area contributed by atoms with Crippen LogP contribution < -0.4 is 0 Å². The molecule has 1 aliphatic carbocycles. The smallest absolute Gasteiger partial charge is 0.00603 e. The summed E-state index contributed by atoms with van der Waals surface area (Å²) in [6.07, 6.45) is 7.03. The van der Waals surface area contributed by atoms with Crippen molar-refractivity contribution in [3.63, 3.8) is 0 Å². The average Bonchev–Trinajstić information content (AvgIpc) is 2.33. The molecule has 0 radical (unpaired) electrons. The molecule has 0 aliphatic heterocycles. The topological polar surface area (TPSA) is 0 Å². The fraction of sp³-hybridized carbons (Fsp3) is 0.917. The molecule has 0 atom stereocenters. The maximum absolute atomic E-state index is 2.56. The molecule has 0 aromatic carbocycles. The maximum Gasteiger partial charge on any atom is -0.00603 e. The lowest BCUT2D eigenvalue weighted by Gasteiger charge is -2.19. The van der Waals surface area contributed by atoms with Gasteiger partial charge in [0, 0.05) is 0 Å². The normalized spacial score (nSPS) is 22.8. The molecule has 0 aromatic rings. The molecule has 1 saturated carbocycles. The zero-order chi connectivity index (χ0) is 9.95. The van der Waals surface area contributed by atoms with E-state index in [9.17, 15) is 0 Å². The van der Waals surface area contributed by atoms with Crippen molar-refractivity contribution in [2.24, 2.45) is 10.8 Å². The van der Waals surface area contributed by atoms with Gasteiger partial charge in [0.2, 0.25) is 0 Å². The van der Waals surface area contributed by atoms with E-state index in [0.29, 0.717) is 10.8 Å². The third-order valence-corrected chi connectivity index (χ3v) is 4.65. The van der Waals surface area contributed by atoms with E-state index >= 15 is 0 Å². The van der Waals surface area contributed by atoms with Crippen LogP contribution >= 0.6 is 8.20 Å². The van der Waals surface area contributed by atoms with Gasteiger partial charge in [0.25, 0.3) is 0 Å². The van der Waals surface area contributed by atoms with Crippen molar-refractivity contribution in [2.45, 2.75) is 53.4 Å². The van der Waals surface area contributed by atoms with Crippen LogP contribution in [0.25, 0.3) is 0 Å². The first-order valence-electron chi connectivity index (χ1n) is 5.42. The summed E-state index contributed by atoms with van der Waals surface area (Å²) in [6.45, 7) is 9.40. The van der Waals surface area contributed by atoms with Crippen LogP contribution in [0.5, 0.6) is 0 Å². The highest BCUT2D eigenvalue weighted by atomic mass is 31.1. The van der Waals surface area contributed by atoms with Crippen molar-refractivity contribution in [2.75, 3.05) is 6.16 Å². The van der Waals surface area contributed by atoms with Gasteiger partial charge in [-0.15, -0.1) is 8.20 Å². The summed E-state index contributed by atoms with van der Waals surface area (Å²) < 4.78 is 0. The third kappa shape index (κ3) is 4.27. The van der Waals surface area contributed by atoms with Gasteiger partial charge in [-0.25, -0.2) is 0 Å². The highest BCUT2D eigenvalue weighted by molar-refractivity contribution is 7.38. The molecule has 0 spiro atoms. The Balaban J connectivity index is 2.39. The molecule has 1 aliphatic rings. The molecular formula is C12H23P. The van der Waals surface area contributed by atoms with E-state index in [4.69, 9.17) is 0 Å². The minimum Gasteiger partial charge on any atom is -0.108 e. The molecule has 1 heteroatoms. The Kier molecular flexibility index (Phi) is 3.57. The summed E-state index contributed by atoms with van der Waals surface area (Å²) in [4.78, 5) is 0. The Morgan fingerprint density at radius 3 is 2.23 bits per heavy atom. The Morgan fingerprint density at radius 2 is 1.77 bits per heavy atom. The van der Waals surface area contributed by atoms with Crippen LogP contribution in [0.4, 0.5) is 0 Å². The van der Waals surface area contributed by atoms with Gasteiger partial charge in [0.15, 0.2) is 0 Å². The molecule has 0 bridgehead atoms. The Labute approximate surface area is 84.9 Å². The van der Waals surface area contributed by atoms with Gasteiger partial charge in [-0.3, -0.25) is 0 Å². The molecule has 0 amide bonds. The van der Waals surface area contributed by atoms with Crippen molar-refractivity contribution in [3.8, 4) is 0 Å². The maximum atomic E-state index is 2.56. The first-order valence-corrected chi connectivity index (χ1v) is 6.57. The number of hydrogen-bond acceptors (Lipinski definition) is 0. The number of rotatable bonds is 2. The lowest BCUT2D eigenvalue weighted by Crippen LogP contribution is -2.12. The molecule has 0 N–H and O–H groups in total. The van der Waals surface area contributed by atoms with Crippen LogP contribution in [0, 0.1) is 10.8 Å². The lowest BCUT2D eigenvalue weighted by molar-refractivity contribution is 0.479. The van der Waals surface area contributed by atoms with E-state index in [-0.39, 0.29) is 0 Å². The van der Waals surface area contributed by atoms with Crippen molar-refractivity contribution >= 4 is 14.0 Å². The molecule has 0 saturated heterocycles. The van der Waals surface area contributed by atoms with Gasteiger partial charge in [0.05, 0.1) is 0 Å². The van der Waals surface area contributed by atoms with Crippen LogP contribution in [0.1, 0.15) is 53.4 Å². The van der Waals surface area contributed by atoms with Crippen molar-refractivity contribution in [1.29, 1.82) is 0 Å². The second kappa shape index (κ2) is 4.13. The molecule has 0 nitrogen and oxygen atoms in total. The summed E-state index contributed by atoms with van der Waals surface area (Å²) >= 11 is 0. The first kappa shape index (κ1) is 11.2. The van der Waals surface area contributed by atoms with E-state index in [0.717, 1.165) is 0 Å². The molecule has 0 heterocycles. The second-order valence-electron chi connectivity index (χ2n) is 5.89. The summed E-state index contributed by atoms with van der Waals surface area (Å²) in [5.41, 5.74) is 1.07. The monoisotopic (exact) mass is 198 g/mol. The van der Waals surface area contributed by atoms with Crippen LogP contribution in [0.15, 0.2) is 0 Å². The van der Waals surface area contributed by atoms with Crippen molar-refractivity contribution in [1.82, 2.24) is 0 Å². The van der Waals surface area contributed by atoms with E-state index in [1.165, 1.54) is 31.8 Å². The highest BCUT2D eigenvalue weighted by Crippen LogP contribution is 2.37.